The third-order valence-corrected chi connectivity index (χ3v) is 3.93. The molecule has 0 aliphatic heterocycles. The number of aliphatic hydroxyl groups is 1. The molecule has 1 N–H and O–H groups in total. The Kier molecular flexibility index (Phi) is 10.6. The van der Waals surface area contributed by atoms with E-state index in [1.165, 1.54) is 13.8 Å². The minimum Gasteiger partial charge on any atom is -0.382 e. The van der Waals surface area contributed by atoms with Crippen molar-refractivity contribution in [3.8, 4) is 0 Å². The highest BCUT2D eigenvalue weighted by Crippen LogP contribution is 2.28. The third kappa shape index (κ3) is 5.87. The summed E-state index contributed by atoms with van der Waals surface area (Å²) in [5.74, 6) is -0.632. The minimum atomic E-state index is -1.46. The molecule has 1 atom stereocenters. The maximum absolute atomic E-state index is 12.1. The molecule has 0 aromatic rings. The second-order valence-electron chi connectivity index (χ2n) is 5.34. The van der Waals surface area contributed by atoms with E-state index >= 15 is 0 Å². The SMILES string of the molecule is CC.CC.CC(=O)C(C)(O)CCC1=C(C)C(=O)C(C)=C(C)C1=O. The first kappa shape index (κ1) is 23.7. The first-order valence-electron chi connectivity index (χ1n) is 8.29. The summed E-state index contributed by atoms with van der Waals surface area (Å²) in [6.07, 6.45) is 0.369. The number of Topliss-reactive ketones (excluding diaryl/α,β-unsaturated/α-hetero) is 3. The van der Waals surface area contributed by atoms with Gasteiger partial charge in [-0.25, -0.2) is 0 Å². The van der Waals surface area contributed by atoms with Gasteiger partial charge in [0.2, 0.25) is 0 Å². The summed E-state index contributed by atoms with van der Waals surface area (Å²) in [6.45, 7) is 15.6. The highest BCUT2D eigenvalue weighted by molar-refractivity contribution is 6.24. The third-order valence-electron chi connectivity index (χ3n) is 3.93. The number of carbonyl (C=O) groups excluding carboxylic acids is 3. The largest absolute Gasteiger partial charge is 0.382 e. The predicted molar refractivity (Wildman–Crippen MR) is 94.3 cm³/mol. The van der Waals surface area contributed by atoms with E-state index in [2.05, 4.69) is 0 Å². The molecule has 0 fully saturated rings. The number of rotatable bonds is 4. The molecule has 23 heavy (non-hydrogen) atoms. The summed E-state index contributed by atoms with van der Waals surface area (Å²) in [5, 5.41) is 9.90. The molecule has 0 bridgehead atoms. The van der Waals surface area contributed by atoms with Gasteiger partial charge in [-0.3, -0.25) is 14.4 Å². The summed E-state index contributed by atoms with van der Waals surface area (Å²) in [6, 6.07) is 0. The molecule has 0 aromatic carbocycles. The van der Waals surface area contributed by atoms with Crippen LogP contribution in [0.5, 0.6) is 0 Å². The van der Waals surface area contributed by atoms with Gasteiger partial charge in [-0.1, -0.05) is 27.7 Å². The Morgan fingerprint density at radius 3 is 1.70 bits per heavy atom. The lowest BCUT2D eigenvalue weighted by atomic mass is 9.82. The van der Waals surface area contributed by atoms with Gasteiger partial charge in [0.15, 0.2) is 17.3 Å². The Hall–Kier alpha value is -1.55. The van der Waals surface area contributed by atoms with Gasteiger partial charge in [0.25, 0.3) is 0 Å². The van der Waals surface area contributed by atoms with E-state index in [9.17, 15) is 19.5 Å². The maximum atomic E-state index is 12.1. The Labute approximate surface area is 140 Å². The molecule has 0 spiro atoms. The first-order chi connectivity index (χ1) is 10.6. The molecule has 4 heteroatoms. The van der Waals surface area contributed by atoms with Crippen molar-refractivity contribution in [2.45, 2.75) is 80.8 Å². The van der Waals surface area contributed by atoms with Crippen molar-refractivity contribution in [3.05, 3.63) is 22.3 Å². The molecule has 0 heterocycles. The lowest BCUT2D eigenvalue weighted by molar-refractivity contribution is -0.134. The fourth-order valence-corrected chi connectivity index (χ4v) is 2.00. The molecule has 132 valence electrons. The van der Waals surface area contributed by atoms with E-state index in [0.717, 1.165) is 0 Å². The molecule has 0 saturated heterocycles. The van der Waals surface area contributed by atoms with Crippen molar-refractivity contribution < 1.29 is 19.5 Å². The van der Waals surface area contributed by atoms with Crippen molar-refractivity contribution in [1.29, 1.82) is 0 Å². The van der Waals surface area contributed by atoms with Gasteiger partial charge in [0, 0.05) is 22.3 Å². The van der Waals surface area contributed by atoms with Crippen LogP contribution in [0.25, 0.3) is 0 Å². The van der Waals surface area contributed by atoms with Crippen LogP contribution in [0.1, 0.15) is 75.2 Å². The average Bonchev–Trinajstić information content (AvgIpc) is 2.54. The van der Waals surface area contributed by atoms with E-state index in [0.29, 0.717) is 22.3 Å². The van der Waals surface area contributed by atoms with Gasteiger partial charge in [0.1, 0.15) is 5.60 Å². The van der Waals surface area contributed by atoms with E-state index in [-0.39, 0.29) is 30.2 Å². The fourth-order valence-electron chi connectivity index (χ4n) is 2.00. The maximum Gasteiger partial charge on any atom is 0.185 e. The predicted octanol–water partition coefficient (Wildman–Crippen LogP) is 3.96. The highest BCUT2D eigenvalue weighted by Gasteiger charge is 2.31. The van der Waals surface area contributed by atoms with Crippen LogP contribution < -0.4 is 0 Å². The van der Waals surface area contributed by atoms with E-state index in [1.54, 1.807) is 20.8 Å². The van der Waals surface area contributed by atoms with Gasteiger partial charge in [-0.2, -0.15) is 0 Å². The van der Waals surface area contributed by atoms with Crippen molar-refractivity contribution >= 4 is 17.3 Å². The molecular formula is C19H32O4. The number of ketones is 3. The zero-order valence-electron chi connectivity index (χ0n) is 16.1. The Morgan fingerprint density at radius 2 is 1.30 bits per heavy atom. The number of hydrogen-bond acceptors (Lipinski definition) is 4. The van der Waals surface area contributed by atoms with Crippen LogP contribution in [0.3, 0.4) is 0 Å². The van der Waals surface area contributed by atoms with Crippen LogP contribution in [0, 0.1) is 0 Å². The van der Waals surface area contributed by atoms with Gasteiger partial charge in [-0.05, 0) is 47.5 Å². The van der Waals surface area contributed by atoms with Crippen molar-refractivity contribution in [2.24, 2.45) is 0 Å². The van der Waals surface area contributed by atoms with Crippen molar-refractivity contribution in [1.82, 2.24) is 0 Å². The molecule has 0 saturated carbocycles. The van der Waals surface area contributed by atoms with Crippen molar-refractivity contribution in [3.63, 3.8) is 0 Å². The quantitative estimate of drug-likeness (QED) is 0.794. The molecule has 1 aliphatic rings. The van der Waals surface area contributed by atoms with Crippen LogP contribution in [0.2, 0.25) is 0 Å². The molecular weight excluding hydrogens is 292 g/mol. The highest BCUT2D eigenvalue weighted by atomic mass is 16.3. The van der Waals surface area contributed by atoms with Crippen LogP contribution in [0.15, 0.2) is 22.3 Å². The number of allylic oxidation sites excluding steroid dienone is 4. The second kappa shape index (κ2) is 10.3. The normalized spacial score (nSPS) is 17.0. The summed E-state index contributed by atoms with van der Waals surface area (Å²) in [7, 11) is 0. The fraction of sp³-hybridized carbons (Fsp3) is 0.632. The first-order valence-corrected chi connectivity index (χ1v) is 8.29. The smallest absolute Gasteiger partial charge is 0.185 e. The Morgan fingerprint density at radius 1 is 0.913 bits per heavy atom. The van der Waals surface area contributed by atoms with Gasteiger partial charge < -0.3 is 5.11 Å². The van der Waals surface area contributed by atoms with Crippen LogP contribution in [-0.2, 0) is 14.4 Å². The molecule has 1 rings (SSSR count). The zero-order chi connectivity index (χ0) is 19.0. The van der Waals surface area contributed by atoms with Gasteiger partial charge in [-0.15, -0.1) is 0 Å². The minimum absolute atomic E-state index is 0.130. The summed E-state index contributed by atoms with van der Waals surface area (Å²) < 4.78 is 0. The number of hydrogen-bond donors (Lipinski definition) is 1. The van der Waals surface area contributed by atoms with E-state index in [1.807, 2.05) is 27.7 Å². The summed E-state index contributed by atoms with van der Waals surface area (Å²) >= 11 is 0. The van der Waals surface area contributed by atoms with Gasteiger partial charge in [0.05, 0.1) is 0 Å². The average molecular weight is 324 g/mol. The molecule has 0 amide bonds. The second-order valence-corrected chi connectivity index (χ2v) is 5.34. The van der Waals surface area contributed by atoms with E-state index in [4.69, 9.17) is 0 Å². The van der Waals surface area contributed by atoms with Crippen molar-refractivity contribution in [2.75, 3.05) is 0 Å². The molecule has 0 aromatic heterocycles. The van der Waals surface area contributed by atoms with Gasteiger partial charge >= 0.3 is 0 Å². The number of carbonyl (C=O) groups is 3. The van der Waals surface area contributed by atoms with Crippen LogP contribution >= 0.6 is 0 Å². The van der Waals surface area contributed by atoms with Crippen LogP contribution in [-0.4, -0.2) is 28.1 Å². The standard InChI is InChI=1S/C15H20O4.2C2H6/c1-8-9(2)14(18)12(10(3)13(8)17)6-7-15(5,19)11(4)16;2*1-2/h19H,6-7H2,1-5H3;2*1-2H3. The molecule has 1 aliphatic carbocycles. The summed E-state index contributed by atoms with van der Waals surface area (Å²) in [4.78, 5) is 35.4. The molecule has 1 unspecified atom stereocenters. The monoisotopic (exact) mass is 324 g/mol. The van der Waals surface area contributed by atoms with E-state index < -0.39 is 5.60 Å². The molecule has 4 nitrogen and oxygen atoms in total. The Bertz CT molecular complexity index is 519. The lowest BCUT2D eigenvalue weighted by Gasteiger charge is -2.23. The summed E-state index contributed by atoms with van der Waals surface area (Å²) in [5.41, 5.74) is 0.306. The topological polar surface area (TPSA) is 71.4 Å². The molecule has 0 radical (unpaired) electrons. The van der Waals surface area contributed by atoms with Crippen LogP contribution in [0.4, 0.5) is 0 Å². The lowest BCUT2D eigenvalue weighted by Crippen LogP contribution is -2.33. The Balaban J connectivity index is 0. The zero-order valence-corrected chi connectivity index (χ0v) is 16.1.